The topological polar surface area (TPSA) is 258 Å². The lowest BCUT2D eigenvalue weighted by Gasteiger charge is -2.25. The quantitative estimate of drug-likeness (QED) is 0.0790. The Morgan fingerprint density at radius 3 is 1.83 bits per heavy atom. The van der Waals surface area contributed by atoms with Crippen LogP contribution in [0.3, 0.4) is 0 Å². The zero-order chi connectivity index (χ0) is 35.6. The van der Waals surface area contributed by atoms with Gasteiger partial charge in [0, 0.05) is 12.0 Å². The first-order valence-electron chi connectivity index (χ1n) is 15.7. The average Bonchev–Trinajstić information content (AvgIpc) is 3.05. The van der Waals surface area contributed by atoms with E-state index in [0.717, 1.165) is 5.56 Å². The maximum Gasteiger partial charge on any atom is 0.251 e. The second-order valence-electron chi connectivity index (χ2n) is 11.6. The van der Waals surface area contributed by atoms with Crippen LogP contribution in [0.25, 0.3) is 0 Å². The molecule has 0 heterocycles. The molecule has 0 radical (unpaired) electrons. The summed E-state index contributed by atoms with van der Waals surface area (Å²) in [5.41, 5.74) is 17.4. The number of rotatable bonds is 20. The Balaban J connectivity index is 2.22. The summed E-state index contributed by atoms with van der Waals surface area (Å²) in [4.78, 5) is 89.0. The number of carbonyl (C=O) groups excluding carboxylic acids is 7. The standard InChI is InChI=1S/C33H46N8O7/c1-20(2)28(29(36)44)41-27(43)19-37-31(46)25(18-26(35)42)40-32(47)23(15-9-10-16-34)38-33(48)24(17-21-11-5-3-6-12-21)39-30(45)22-13-7-4-8-14-22/h3-8,11-14,20,23-25,28H,9-10,15-19,34H2,1-2H3,(H2,35,42)(H2,36,44)(H,37,46)(H,38,48)(H,39,45)(H,40,47)(H,41,43)/t23-,24-,25-,28?/m0/s1. The molecule has 260 valence electrons. The largest absolute Gasteiger partial charge is 0.370 e. The van der Waals surface area contributed by atoms with Crippen molar-refractivity contribution in [3.8, 4) is 0 Å². The number of amides is 7. The number of nitrogens with two attached hydrogens (primary N) is 3. The van der Waals surface area contributed by atoms with Crippen molar-refractivity contribution in [1.29, 1.82) is 0 Å². The molecular formula is C33H46N8O7. The van der Waals surface area contributed by atoms with Gasteiger partial charge in [-0.25, -0.2) is 0 Å². The Hall–Kier alpha value is -5.31. The van der Waals surface area contributed by atoms with Crippen molar-refractivity contribution in [1.82, 2.24) is 26.6 Å². The van der Waals surface area contributed by atoms with Crippen molar-refractivity contribution in [3.05, 3.63) is 71.8 Å². The van der Waals surface area contributed by atoms with Gasteiger partial charge < -0.3 is 43.8 Å². The minimum atomic E-state index is -1.49. The van der Waals surface area contributed by atoms with E-state index >= 15 is 0 Å². The third-order valence-corrected chi connectivity index (χ3v) is 7.27. The normalized spacial score (nSPS) is 13.2. The number of primary amides is 2. The number of nitrogens with one attached hydrogen (secondary N) is 5. The van der Waals surface area contributed by atoms with Gasteiger partial charge in [0.1, 0.15) is 24.2 Å². The van der Waals surface area contributed by atoms with Crippen molar-refractivity contribution < 1.29 is 33.6 Å². The molecule has 4 atom stereocenters. The van der Waals surface area contributed by atoms with Crippen molar-refractivity contribution >= 4 is 41.4 Å². The SMILES string of the molecule is CC(C)C(NC(=O)CNC(=O)[C@H](CC(N)=O)NC(=O)[C@H](CCCCN)NC(=O)[C@H](Cc1ccccc1)NC(=O)c1ccccc1)C(N)=O. The van der Waals surface area contributed by atoms with E-state index in [1.807, 2.05) is 6.07 Å². The Morgan fingerprint density at radius 2 is 1.27 bits per heavy atom. The van der Waals surface area contributed by atoms with E-state index in [2.05, 4.69) is 26.6 Å². The van der Waals surface area contributed by atoms with Crippen LogP contribution in [-0.4, -0.2) is 78.6 Å². The molecule has 1 unspecified atom stereocenters. The van der Waals surface area contributed by atoms with Gasteiger partial charge in [0.25, 0.3) is 5.91 Å². The smallest absolute Gasteiger partial charge is 0.251 e. The Bertz CT molecular complexity index is 1410. The molecular weight excluding hydrogens is 620 g/mol. The molecule has 0 bridgehead atoms. The molecule has 0 aromatic heterocycles. The van der Waals surface area contributed by atoms with E-state index < -0.39 is 78.5 Å². The lowest BCUT2D eigenvalue weighted by Crippen LogP contribution is -2.58. The van der Waals surface area contributed by atoms with Gasteiger partial charge >= 0.3 is 0 Å². The first-order chi connectivity index (χ1) is 22.8. The van der Waals surface area contributed by atoms with E-state index in [-0.39, 0.29) is 18.8 Å². The summed E-state index contributed by atoms with van der Waals surface area (Å²) in [6.45, 7) is 3.10. The van der Waals surface area contributed by atoms with Gasteiger partial charge in [-0.2, -0.15) is 0 Å². The number of benzene rings is 2. The fraction of sp³-hybridized carbons (Fsp3) is 0.424. The van der Waals surface area contributed by atoms with Crippen LogP contribution in [0.4, 0.5) is 0 Å². The van der Waals surface area contributed by atoms with Gasteiger partial charge in [-0.05, 0) is 49.4 Å². The van der Waals surface area contributed by atoms with E-state index in [4.69, 9.17) is 17.2 Å². The molecule has 11 N–H and O–H groups in total. The molecule has 2 rings (SSSR count). The number of unbranched alkanes of at least 4 members (excludes halogenated alkanes) is 1. The maximum atomic E-state index is 13.7. The molecule has 0 aliphatic rings. The number of hydrogen-bond acceptors (Lipinski definition) is 8. The molecule has 2 aromatic carbocycles. The fourth-order valence-electron chi connectivity index (χ4n) is 4.69. The summed E-state index contributed by atoms with van der Waals surface area (Å²) in [6.07, 6.45) is 0.586. The van der Waals surface area contributed by atoms with Gasteiger partial charge in [-0.15, -0.1) is 0 Å². The molecule has 0 spiro atoms. The molecule has 0 fully saturated rings. The predicted octanol–water partition coefficient (Wildman–Crippen LogP) is -1.26. The van der Waals surface area contributed by atoms with E-state index in [9.17, 15) is 33.6 Å². The van der Waals surface area contributed by atoms with E-state index in [1.165, 1.54) is 0 Å². The molecule has 7 amide bonds. The second-order valence-corrected chi connectivity index (χ2v) is 11.6. The van der Waals surface area contributed by atoms with Gasteiger partial charge in [0.15, 0.2) is 0 Å². The van der Waals surface area contributed by atoms with Crippen LogP contribution in [0.2, 0.25) is 0 Å². The summed E-state index contributed by atoms with van der Waals surface area (Å²) < 4.78 is 0. The summed E-state index contributed by atoms with van der Waals surface area (Å²) >= 11 is 0. The lowest BCUT2D eigenvalue weighted by molar-refractivity contribution is -0.134. The molecule has 0 saturated carbocycles. The first kappa shape index (κ1) is 38.9. The maximum absolute atomic E-state index is 13.7. The average molecular weight is 667 g/mol. The summed E-state index contributed by atoms with van der Waals surface area (Å²) in [6, 6.07) is 12.6. The van der Waals surface area contributed by atoms with Gasteiger partial charge in [-0.1, -0.05) is 62.4 Å². The molecule has 15 heteroatoms. The highest BCUT2D eigenvalue weighted by molar-refractivity contribution is 5.99. The van der Waals surface area contributed by atoms with Crippen molar-refractivity contribution in [2.75, 3.05) is 13.1 Å². The van der Waals surface area contributed by atoms with Crippen LogP contribution in [0, 0.1) is 5.92 Å². The van der Waals surface area contributed by atoms with Gasteiger partial charge in [-0.3, -0.25) is 33.6 Å². The molecule has 0 aliphatic heterocycles. The van der Waals surface area contributed by atoms with Crippen molar-refractivity contribution in [2.24, 2.45) is 23.1 Å². The minimum Gasteiger partial charge on any atom is -0.370 e. The highest BCUT2D eigenvalue weighted by Gasteiger charge is 2.31. The second kappa shape index (κ2) is 20.0. The summed E-state index contributed by atoms with van der Waals surface area (Å²) in [5, 5.41) is 12.6. The fourth-order valence-corrected chi connectivity index (χ4v) is 4.69. The van der Waals surface area contributed by atoms with Crippen molar-refractivity contribution in [2.45, 2.75) is 70.1 Å². The van der Waals surface area contributed by atoms with Crippen LogP contribution in [0.5, 0.6) is 0 Å². The number of hydrogen-bond donors (Lipinski definition) is 8. The zero-order valence-electron chi connectivity index (χ0n) is 27.2. The summed E-state index contributed by atoms with van der Waals surface area (Å²) in [5.74, 6) is -5.55. The Kier molecular flexibility index (Phi) is 16.2. The molecule has 0 aliphatic carbocycles. The molecule has 2 aromatic rings. The third-order valence-electron chi connectivity index (χ3n) is 7.27. The molecule has 0 saturated heterocycles. The highest BCUT2D eigenvalue weighted by Crippen LogP contribution is 2.09. The van der Waals surface area contributed by atoms with Crippen LogP contribution >= 0.6 is 0 Å². The monoisotopic (exact) mass is 666 g/mol. The Morgan fingerprint density at radius 1 is 0.688 bits per heavy atom. The predicted molar refractivity (Wildman–Crippen MR) is 177 cm³/mol. The van der Waals surface area contributed by atoms with Gasteiger partial charge in [0.2, 0.25) is 35.4 Å². The van der Waals surface area contributed by atoms with E-state index in [0.29, 0.717) is 24.9 Å². The molecule has 15 nitrogen and oxygen atoms in total. The van der Waals surface area contributed by atoms with E-state index in [1.54, 1.807) is 68.4 Å². The molecule has 48 heavy (non-hydrogen) atoms. The first-order valence-corrected chi connectivity index (χ1v) is 15.7. The lowest BCUT2D eigenvalue weighted by atomic mass is 10.0. The van der Waals surface area contributed by atoms with Crippen molar-refractivity contribution in [3.63, 3.8) is 0 Å². The third kappa shape index (κ3) is 13.6. The Labute approximate surface area is 279 Å². The van der Waals surface area contributed by atoms with Crippen LogP contribution in [-0.2, 0) is 35.2 Å². The number of carbonyl (C=O) groups is 7. The summed E-state index contributed by atoms with van der Waals surface area (Å²) in [7, 11) is 0. The van der Waals surface area contributed by atoms with Crippen LogP contribution in [0.15, 0.2) is 60.7 Å². The highest BCUT2D eigenvalue weighted by atomic mass is 16.2. The minimum absolute atomic E-state index is 0.116. The van der Waals surface area contributed by atoms with Crippen LogP contribution in [0.1, 0.15) is 55.5 Å². The zero-order valence-corrected chi connectivity index (χ0v) is 27.2. The van der Waals surface area contributed by atoms with Crippen LogP contribution < -0.4 is 43.8 Å². The van der Waals surface area contributed by atoms with Gasteiger partial charge in [0.05, 0.1) is 13.0 Å².